The summed E-state index contributed by atoms with van der Waals surface area (Å²) >= 11 is 0. The van der Waals surface area contributed by atoms with Gasteiger partial charge in [0, 0.05) is 29.8 Å². The average Bonchev–Trinajstić information content (AvgIpc) is 3.38. The molecule has 0 radical (unpaired) electrons. The van der Waals surface area contributed by atoms with Gasteiger partial charge in [-0.25, -0.2) is 0 Å². The molecule has 2 aliphatic rings. The monoisotopic (exact) mass is 510 g/mol. The van der Waals surface area contributed by atoms with E-state index < -0.39 is 0 Å². The largest absolute Gasteiger partial charge is 0.493 e. The summed E-state index contributed by atoms with van der Waals surface area (Å²) in [6, 6.07) is 19.6. The fourth-order valence-electron chi connectivity index (χ4n) is 5.44. The zero-order chi connectivity index (χ0) is 27.0. The van der Waals surface area contributed by atoms with E-state index in [2.05, 4.69) is 49.6 Å². The average molecular weight is 511 g/mol. The number of amides is 1. The second kappa shape index (κ2) is 10.0. The minimum Gasteiger partial charge on any atom is -0.493 e. The Hall–Kier alpha value is -4.06. The molecule has 196 valence electrons. The molecule has 0 spiro atoms. The topological polar surface area (TPSA) is 76.7 Å². The first-order valence-electron chi connectivity index (χ1n) is 13.0. The summed E-state index contributed by atoms with van der Waals surface area (Å²) in [5, 5.41) is 6.79. The molecule has 0 saturated heterocycles. The number of rotatable bonds is 5. The fourth-order valence-corrected chi connectivity index (χ4v) is 5.44. The number of anilines is 2. The summed E-state index contributed by atoms with van der Waals surface area (Å²) in [4.78, 5) is 24.4. The van der Waals surface area contributed by atoms with E-state index in [-0.39, 0.29) is 29.3 Å². The van der Waals surface area contributed by atoms with E-state index >= 15 is 0 Å². The van der Waals surface area contributed by atoms with Crippen molar-refractivity contribution < 1.29 is 19.1 Å². The van der Waals surface area contributed by atoms with Crippen LogP contribution in [0.2, 0.25) is 0 Å². The van der Waals surface area contributed by atoms with Crippen LogP contribution >= 0.6 is 0 Å². The first-order valence-corrected chi connectivity index (χ1v) is 13.0. The number of ether oxygens (including phenoxy) is 2. The molecule has 3 atom stereocenters. The Morgan fingerprint density at radius 3 is 2.42 bits per heavy atom. The lowest BCUT2D eigenvalue weighted by molar-refractivity contribution is -0.132. The molecule has 5 rings (SSSR count). The third kappa shape index (κ3) is 5.03. The molecule has 6 heteroatoms. The number of hydrogen-bond donors (Lipinski definition) is 2. The standard InChI is InChI=1S/C32H34N2O4/c1-19(35)38-28-16-11-21(17-29(28)37-5)30-25-8-6-7-24(25)26-18-23(14-15-27(26)34-30)33-31(36)20-9-12-22(13-10-20)32(2,3)4/h6-7,9-18,24-25,30,34H,8H2,1-5H3,(H,33,36). The third-order valence-corrected chi connectivity index (χ3v) is 7.43. The maximum absolute atomic E-state index is 13.0. The van der Waals surface area contributed by atoms with Crippen molar-refractivity contribution in [3.8, 4) is 11.5 Å². The van der Waals surface area contributed by atoms with Crippen LogP contribution < -0.4 is 20.1 Å². The van der Waals surface area contributed by atoms with Crippen LogP contribution in [0.15, 0.2) is 72.8 Å². The number of fused-ring (bicyclic) bond motifs is 3. The van der Waals surface area contributed by atoms with Gasteiger partial charge in [0.25, 0.3) is 5.91 Å². The first-order chi connectivity index (χ1) is 18.1. The van der Waals surface area contributed by atoms with Crippen LogP contribution in [0.3, 0.4) is 0 Å². The van der Waals surface area contributed by atoms with Crippen LogP contribution in [0.25, 0.3) is 0 Å². The molecule has 1 aliphatic heterocycles. The minimum atomic E-state index is -0.384. The Balaban J connectivity index is 1.38. The van der Waals surface area contributed by atoms with Crippen molar-refractivity contribution in [3.63, 3.8) is 0 Å². The second-order valence-electron chi connectivity index (χ2n) is 11.1. The predicted octanol–water partition coefficient (Wildman–Crippen LogP) is 7.00. The van der Waals surface area contributed by atoms with E-state index in [1.165, 1.54) is 18.1 Å². The number of allylic oxidation sites excluding steroid dienone is 2. The molecule has 2 N–H and O–H groups in total. The highest BCUT2D eigenvalue weighted by Gasteiger charge is 2.38. The number of methoxy groups -OCH3 is 1. The lowest BCUT2D eigenvalue weighted by Crippen LogP contribution is -2.29. The zero-order valence-electron chi connectivity index (χ0n) is 22.5. The molecule has 38 heavy (non-hydrogen) atoms. The number of hydrogen-bond acceptors (Lipinski definition) is 5. The van der Waals surface area contributed by atoms with E-state index in [0.717, 1.165) is 23.4 Å². The van der Waals surface area contributed by atoms with Crippen LogP contribution in [0.5, 0.6) is 11.5 Å². The summed E-state index contributed by atoms with van der Waals surface area (Å²) in [7, 11) is 1.57. The summed E-state index contributed by atoms with van der Waals surface area (Å²) in [6.45, 7) is 7.86. The van der Waals surface area contributed by atoms with Crippen LogP contribution in [0.1, 0.15) is 73.1 Å². The molecule has 3 aromatic rings. The molecule has 1 amide bonds. The Bertz CT molecular complexity index is 1400. The van der Waals surface area contributed by atoms with Gasteiger partial charge >= 0.3 is 5.97 Å². The number of carbonyl (C=O) groups is 2. The highest BCUT2D eigenvalue weighted by molar-refractivity contribution is 6.04. The van der Waals surface area contributed by atoms with Crippen molar-refractivity contribution >= 4 is 23.3 Å². The molecule has 1 aliphatic carbocycles. The highest BCUT2D eigenvalue weighted by atomic mass is 16.6. The van der Waals surface area contributed by atoms with Gasteiger partial charge in [0.05, 0.1) is 13.2 Å². The molecule has 3 unspecified atom stereocenters. The maximum atomic E-state index is 13.0. The fraction of sp³-hybridized carbons (Fsp3) is 0.312. The molecule has 1 heterocycles. The van der Waals surface area contributed by atoms with Crippen LogP contribution in [-0.4, -0.2) is 19.0 Å². The summed E-state index contributed by atoms with van der Waals surface area (Å²) in [5.74, 6) is 0.966. The molecule has 6 nitrogen and oxygen atoms in total. The molecule has 0 saturated carbocycles. The summed E-state index contributed by atoms with van der Waals surface area (Å²) in [5.41, 5.74) is 5.93. The van der Waals surface area contributed by atoms with Gasteiger partial charge in [-0.2, -0.15) is 0 Å². The zero-order valence-corrected chi connectivity index (χ0v) is 22.5. The predicted molar refractivity (Wildman–Crippen MR) is 150 cm³/mol. The van der Waals surface area contributed by atoms with E-state index in [4.69, 9.17) is 9.47 Å². The van der Waals surface area contributed by atoms with Crippen molar-refractivity contribution in [1.82, 2.24) is 0 Å². The van der Waals surface area contributed by atoms with E-state index in [1.54, 1.807) is 13.2 Å². The van der Waals surface area contributed by atoms with Gasteiger partial charge in [0.15, 0.2) is 11.5 Å². The van der Waals surface area contributed by atoms with Crippen molar-refractivity contribution in [1.29, 1.82) is 0 Å². The smallest absolute Gasteiger partial charge is 0.308 e. The van der Waals surface area contributed by atoms with E-state index in [1.807, 2.05) is 48.5 Å². The lowest BCUT2D eigenvalue weighted by atomic mass is 9.77. The van der Waals surface area contributed by atoms with Gasteiger partial charge in [0.2, 0.25) is 0 Å². The van der Waals surface area contributed by atoms with Gasteiger partial charge in [-0.05, 0) is 76.9 Å². The Morgan fingerprint density at radius 1 is 0.974 bits per heavy atom. The van der Waals surface area contributed by atoms with Crippen LogP contribution in [-0.2, 0) is 10.2 Å². The van der Waals surface area contributed by atoms with Crippen molar-refractivity contribution in [3.05, 3.63) is 95.1 Å². The van der Waals surface area contributed by atoms with Crippen molar-refractivity contribution in [2.24, 2.45) is 5.92 Å². The maximum Gasteiger partial charge on any atom is 0.308 e. The van der Waals surface area contributed by atoms with Gasteiger partial charge < -0.3 is 20.1 Å². The molecule has 3 aromatic carbocycles. The summed E-state index contributed by atoms with van der Waals surface area (Å²) < 4.78 is 10.8. The lowest BCUT2D eigenvalue weighted by Gasteiger charge is -2.38. The number of esters is 1. The van der Waals surface area contributed by atoms with Crippen LogP contribution in [0.4, 0.5) is 11.4 Å². The third-order valence-electron chi connectivity index (χ3n) is 7.43. The molecule has 0 fully saturated rings. The van der Waals surface area contributed by atoms with Gasteiger partial charge in [0.1, 0.15) is 0 Å². The summed E-state index contributed by atoms with van der Waals surface area (Å²) in [6.07, 6.45) is 5.43. The SMILES string of the molecule is COc1cc(C2Nc3ccc(NC(=O)c4ccc(C(C)(C)C)cc4)cc3C3C=CCC32)ccc1OC(C)=O. The molecule has 0 aromatic heterocycles. The Labute approximate surface area is 224 Å². The number of carbonyl (C=O) groups excluding carboxylic acids is 2. The first kappa shape index (κ1) is 25.6. The van der Waals surface area contributed by atoms with Gasteiger partial charge in [-0.3, -0.25) is 9.59 Å². The second-order valence-corrected chi connectivity index (χ2v) is 11.1. The molecular weight excluding hydrogens is 476 g/mol. The highest BCUT2D eigenvalue weighted by Crippen LogP contribution is 2.51. The van der Waals surface area contributed by atoms with Crippen molar-refractivity contribution in [2.45, 2.75) is 51.5 Å². The van der Waals surface area contributed by atoms with E-state index in [0.29, 0.717) is 23.0 Å². The van der Waals surface area contributed by atoms with E-state index in [9.17, 15) is 9.59 Å². The minimum absolute atomic E-state index is 0.0409. The normalized spacial score (nSPS) is 19.7. The van der Waals surface area contributed by atoms with Gasteiger partial charge in [-0.1, -0.05) is 51.1 Å². The van der Waals surface area contributed by atoms with Crippen molar-refractivity contribution in [2.75, 3.05) is 17.7 Å². The number of benzene rings is 3. The molecular formula is C32H34N2O4. The number of nitrogens with one attached hydrogen (secondary N) is 2. The molecule has 0 bridgehead atoms. The Kier molecular flexibility index (Phi) is 6.74. The van der Waals surface area contributed by atoms with Gasteiger partial charge in [-0.15, -0.1) is 0 Å². The Morgan fingerprint density at radius 2 is 1.74 bits per heavy atom. The van der Waals surface area contributed by atoms with Crippen LogP contribution in [0, 0.1) is 5.92 Å². The quantitative estimate of drug-likeness (QED) is 0.220.